The van der Waals surface area contributed by atoms with Gasteiger partial charge in [-0.15, -0.1) is 0 Å². The van der Waals surface area contributed by atoms with Crippen LogP contribution in [0.2, 0.25) is 0 Å². The van der Waals surface area contributed by atoms with Gasteiger partial charge < -0.3 is 16.4 Å². The molecular weight excluding hydrogens is 250 g/mol. The number of pyridine rings is 1. The van der Waals surface area contributed by atoms with Crippen molar-refractivity contribution < 1.29 is 9.72 Å². The minimum Gasteiger partial charge on any atom is -0.383 e. The van der Waals surface area contributed by atoms with Crippen LogP contribution in [-0.4, -0.2) is 28.9 Å². The number of carbonyl (C=O) groups excluding carboxylic acids is 1. The zero-order chi connectivity index (χ0) is 13.8. The molecule has 102 valence electrons. The van der Waals surface area contributed by atoms with Crippen LogP contribution in [0.15, 0.2) is 12.1 Å². The van der Waals surface area contributed by atoms with E-state index in [1.54, 1.807) is 0 Å². The summed E-state index contributed by atoms with van der Waals surface area (Å²) in [5, 5.41) is 16.3. The van der Waals surface area contributed by atoms with Gasteiger partial charge in [-0.1, -0.05) is 0 Å². The van der Waals surface area contributed by atoms with E-state index in [0.717, 1.165) is 12.8 Å². The second-order valence-corrected chi connectivity index (χ2v) is 4.38. The summed E-state index contributed by atoms with van der Waals surface area (Å²) in [7, 11) is 0. The average Bonchev–Trinajstić information content (AvgIpc) is 3.17. The SMILES string of the molecule is Nc1cc([N+](=O)[O-])cc(NCCNC(=O)C2CC2)n1. The van der Waals surface area contributed by atoms with E-state index in [9.17, 15) is 14.9 Å². The standard InChI is InChI=1S/C11H15N5O3/c12-9-5-8(16(18)19)6-10(15-9)13-3-4-14-11(17)7-1-2-7/h5-7H,1-4H2,(H,14,17)(H3,12,13,15). The van der Waals surface area contributed by atoms with E-state index in [0.29, 0.717) is 18.9 Å². The summed E-state index contributed by atoms with van der Waals surface area (Å²) in [6.45, 7) is 0.881. The van der Waals surface area contributed by atoms with Gasteiger partial charge in [-0.3, -0.25) is 14.9 Å². The van der Waals surface area contributed by atoms with Gasteiger partial charge in [-0.05, 0) is 12.8 Å². The molecule has 0 aromatic carbocycles. The number of nitrogens with zero attached hydrogens (tertiary/aromatic N) is 2. The van der Waals surface area contributed by atoms with E-state index in [1.165, 1.54) is 12.1 Å². The van der Waals surface area contributed by atoms with Gasteiger partial charge in [-0.2, -0.15) is 0 Å². The number of amides is 1. The number of anilines is 2. The van der Waals surface area contributed by atoms with Crippen LogP contribution in [0.5, 0.6) is 0 Å². The Morgan fingerprint density at radius 3 is 2.84 bits per heavy atom. The molecule has 4 N–H and O–H groups in total. The first-order valence-corrected chi connectivity index (χ1v) is 6.00. The number of hydrogen-bond acceptors (Lipinski definition) is 6. The minimum absolute atomic E-state index is 0.0633. The maximum absolute atomic E-state index is 11.4. The van der Waals surface area contributed by atoms with E-state index in [4.69, 9.17) is 5.73 Å². The largest absolute Gasteiger partial charge is 0.383 e. The van der Waals surface area contributed by atoms with E-state index in [-0.39, 0.29) is 23.3 Å². The van der Waals surface area contributed by atoms with E-state index in [2.05, 4.69) is 15.6 Å². The van der Waals surface area contributed by atoms with Gasteiger partial charge in [0, 0.05) is 19.0 Å². The molecule has 2 rings (SSSR count). The highest BCUT2D eigenvalue weighted by Gasteiger charge is 2.28. The first-order valence-electron chi connectivity index (χ1n) is 6.00. The molecule has 1 heterocycles. The lowest BCUT2D eigenvalue weighted by Crippen LogP contribution is -2.29. The second kappa shape index (κ2) is 5.51. The summed E-state index contributed by atoms with van der Waals surface area (Å²) in [6.07, 6.45) is 1.92. The topological polar surface area (TPSA) is 123 Å². The van der Waals surface area contributed by atoms with Crippen molar-refractivity contribution in [3.63, 3.8) is 0 Å². The van der Waals surface area contributed by atoms with Gasteiger partial charge in [0.2, 0.25) is 5.91 Å². The average molecular weight is 265 g/mol. The monoisotopic (exact) mass is 265 g/mol. The van der Waals surface area contributed by atoms with E-state index in [1.807, 2.05) is 0 Å². The number of nitrogens with one attached hydrogen (secondary N) is 2. The maximum atomic E-state index is 11.4. The van der Waals surface area contributed by atoms with Crippen LogP contribution in [-0.2, 0) is 4.79 Å². The minimum atomic E-state index is -0.530. The Kier molecular flexibility index (Phi) is 3.79. The predicted molar refractivity (Wildman–Crippen MR) is 69.5 cm³/mol. The summed E-state index contributed by atoms with van der Waals surface area (Å²) < 4.78 is 0. The molecule has 1 saturated carbocycles. The summed E-state index contributed by atoms with van der Waals surface area (Å²) in [6, 6.07) is 2.50. The molecular formula is C11H15N5O3. The Morgan fingerprint density at radius 1 is 1.47 bits per heavy atom. The van der Waals surface area contributed by atoms with E-state index < -0.39 is 4.92 Å². The molecule has 0 bridgehead atoms. The molecule has 19 heavy (non-hydrogen) atoms. The lowest BCUT2D eigenvalue weighted by atomic mass is 10.3. The Hall–Kier alpha value is -2.38. The van der Waals surface area contributed by atoms with Gasteiger partial charge in [0.1, 0.15) is 11.6 Å². The van der Waals surface area contributed by atoms with Crippen molar-refractivity contribution in [2.45, 2.75) is 12.8 Å². The van der Waals surface area contributed by atoms with Crippen molar-refractivity contribution in [2.75, 3.05) is 24.1 Å². The Bertz CT molecular complexity index is 501. The van der Waals surface area contributed by atoms with Gasteiger partial charge in [-0.25, -0.2) is 4.98 Å². The molecule has 1 aliphatic carbocycles. The molecule has 8 nitrogen and oxygen atoms in total. The highest BCUT2D eigenvalue weighted by Crippen LogP contribution is 2.28. The molecule has 1 amide bonds. The second-order valence-electron chi connectivity index (χ2n) is 4.38. The number of nitro groups is 1. The van der Waals surface area contributed by atoms with Crippen LogP contribution in [0, 0.1) is 16.0 Å². The van der Waals surface area contributed by atoms with Crippen LogP contribution < -0.4 is 16.4 Å². The maximum Gasteiger partial charge on any atom is 0.276 e. The quantitative estimate of drug-likeness (QED) is 0.391. The zero-order valence-electron chi connectivity index (χ0n) is 10.3. The molecule has 1 aromatic heterocycles. The summed E-state index contributed by atoms with van der Waals surface area (Å²) in [5.41, 5.74) is 5.36. The van der Waals surface area contributed by atoms with Crippen LogP contribution >= 0.6 is 0 Å². The lowest BCUT2D eigenvalue weighted by Gasteiger charge is -2.07. The third-order valence-electron chi connectivity index (χ3n) is 2.72. The smallest absolute Gasteiger partial charge is 0.276 e. The summed E-state index contributed by atoms with van der Waals surface area (Å²) >= 11 is 0. The molecule has 8 heteroatoms. The number of carbonyl (C=O) groups is 1. The molecule has 0 unspecified atom stereocenters. The van der Waals surface area contributed by atoms with Crippen molar-refractivity contribution in [1.29, 1.82) is 0 Å². The molecule has 1 aromatic rings. The van der Waals surface area contributed by atoms with Crippen molar-refractivity contribution in [2.24, 2.45) is 5.92 Å². The van der Waals surface area contributed by atoms with Crippen LogP contribution in [0.1, 0.15) is 12.8 Å². The molecule has 0 saturated heterocycles. The van der Waals surface area contributed by atoms with Crippen molar-refractivity contribution >= 4 is 23.2 Å². The van der Waals surface area contributed by atoms with Crippen LogP contribution in [0.3, 0.4) is 0 Å². The number of nitrogen functional groups attached to an aromatic ring is 1. The van der Waals surface area contributed by atoms with Gasteiger partial charge >= 0.3 is 0 Å². The number of nitrogens with two attached hydrogens (primary N) is 1. The predicted octanol–water partition coefficient (Wildman–Crippen LogP) is 0.510. The van der Waals surface area contributed by atoms with Crippen molar-refractivity contribution in [3.8, 4) is 0 Å². The summed E-state index contributed by atoms with van der Waals surface area (Å²) in [5.74, 6) is 0.644. The fourth-order valence-electron chi connectivity index (χ4n) is 1.60. The molecule has 0 aliphatic heterocycles. The Morgan fingerprint density at radius 2 is 2.21 bits per heavy atom. The van der Waals surface area contributed by atoms with Crippen molar-refractivity contribution in [1.82, 2.24) is 10.3 Å². The number of rotatable bonds is 6. The first-order chi connectivity index (χ1) is 9.06. The van der Waals surface area contributed by atoms with Gasteiger partial charge in [0.25, 0.3) is 5.69 Å². The lowest BCUT2D eigenvalue weighted by molar-refractivity contribution is -0.384. The van der Waals surface area contributed by atoms with Crippen molar-refractivity contribution in [3.05, 3.63) is 22.2 Å². The third kappa shape index (κ3) is 3.80. The fraction of sp³-hybridized carbons (Fsp3) is 0.455. The summed E-state index contributed by atoms with van der Waals surface area (Å²) in [4.78, 5) is 25.4. The van der Waals surface area contributed by atoms with Crippen LogP contribution in [0.4, 0.5) is 17.3 Å². The molecule has 1 fully saturated rings. The molecule has 1 aliphatic rings. The molecule has 0 radical (unpaired) electrons. The first kappa shape index (κ1) is 13.1. The Labute approximate surface area is 109 Å². The number of aromatic nitrogens is 1. The third-order valence-corrected chi connectivity index (χ3v) is 2.72. The zero-order valence-corrected chi connectivity index (χ0v) is 10.3. The highest BCUT2D eigenvalue weighted by atomic mass is 16.6. The fourth-order valence-corrected chi connectivity index (χ4v) is 1.60. The molecule has 0 spiro atoms. The van der Waals surface area contributed by atoms with Gasteiger partial charge in [0.05, 0.1) is 17.1 Å². The van der Waals surface area contributed by atoms with E-state index >= 15 is 0 Å². The highest BCUT2D eigenvalue weighted by molar-refractivity contribution is 5.80. The number of hydrogen-bond donors (Lipinski definition) is 3. The van der Waals surface area contributed by atoms with Gasteiger partial charge in [0.15, 0.2) is 0 Å². The Balaban J connectivity index is 1.81. The van der Waals surface area contributed by atoms with Crippen LogP contribution in [0.25, 0.3) is 0 Å². The molecule has 0 atom stereocenters. The normalized spacial score (nSPS) is 13.9.